The summed E-state index contributed by atoms with van der Waals surface area (Å²) in [6.45, 7) is 7.36. The summed E-state index contributed by atoms with van der Waals surface area (Å²) >= 11 is 0. The van der Waals surface area contributed by atoms with Crippen LogP contribution in [0, 0.1) is 29.1 Å². The number of hydrogen-bond acceptors (Lipinski definition) is 4. The van der Waals surface area contributed by atoms with Crippen molar-refractivity contribution in [3.05, 3.63) is 30.3 Å². The number of nitrogens with zero attached hydrogens (tertiary/aromatic N) is 1. The van der Waals surface area contributed by atoms with E-state index in [1.165, 1.54) is 51.4 Å². The molecule has 1 heterocycles. The lowest BCUT2D eigenvalue weighted by Gasteiger charge is -2.56. The van der Waals surface area contributed by atoms with Crippen LogP contribution < -0.4 is 16.0 Å². The molecule has 5 nitrogen and oxygen atoms in total. The summed E-state index contributed by atoms with van der Waals surface area (Å²) in [7, 11) is 0. The van der Waals surface area contributed by atoms with Crippen LogP contribution in [0.5, 0.6) is 0 Å². The van der Waals surface area contributed by atoms with Crippen LogP contribution in [0.1, 0.15) is 71.6 Å². The molecule has 1 amide bonds. The lowest BCUT2D eigenvalue weighted by Crippen LogP contribution is -2.47. The fourth-order valence-electron chi connectivity index (χ4n) is 7.57. The van der Waals surface area contributed by atoms with Crippen LogP contribution in [0.3, 0.4) is 0 Å². The number of rotatable bonds is 11. The Kier molecular flexibility index (Phi) is 7.10. The van der Waals surface area contributed by atoms with Crippen molar-refractivity contribution in [3.63, 3.8) is 0 Å². The molecule has 5 heteroatoms. The highest BCUT2D eigenvalue weighted by molar-refractivity contribution is 6.01. The number of nitrogens with one attached hydrogen (secondary N) is 3. The number of pyridine rings is 1. The first-order chi connectivity index (χ1) is 16.6. The zero-order valence-electron chi connectivity index (χ0n) is 21.0. The van der Waals surface area contributed by atoms with E-state index in [-0.39, 0.29) is 11.3 Å². The van der Waals surface area contributed by atoms with E-state index in [0.717, 1.165) is 65.7 Å². The molecule has 4 fully saturated rings. The van der Waals surface area contributed by atoms with Gasteiger partial charge in [0, 0.05) is 24.9 Å². The molecule has 34 heavy (non-hydrogen) atoms. The van der Waals surface area contributed by atoms with E-state index < -0.39 is 0 Å². The third-order valence-corrected chi connectivity index (χ3v) is 8.90. The van der Waals surface area contributed by atoms with Crippen molar-refractivity contribution >= 4 is 28.3 Å². The lowest BCUT2D eigenvalue weighted by atomic mass is 9.49. The first-order valence-corrected chi connectivity index (χ1v) is 13.7. The Morgan fingerprint density at radius 3 is 2.38 bits per heavy atom. The fraction of sp³-hybridized carbons (Fsp3) is 0.655. The number of amides is 1. The average Bonchev–Trinajstić information content (AvgIpc) is 2.80. The molecular weight excluding hydrogens is 420 g/mol. The molecule has 184 valence electrons. The van der Waals surface area contributed by atoms with Crippen LogP contribution in [-0.2, 0) is 4.79 Å². The third-order valence-electron chi connectivity index (χ3n) is 8.90. The maximum atomic E-state index is 13.2. The first kappa shape index (κ1) is 23.6. The quantitative estimate of drug-likeness (QED) is 0.347. The molecule has 4 aliphatic carbocycles. The Morgan fingerprint density at radius 2 is 1.71 bits per heavy atom. The van der Waals surface area contributed by atoms with Gasteiger partial charge in [0.1, 0.15) is 5.82 Å². The van der Waals surface area contributed by atoms with E-state index in [1.54, 1.807) is 0 Å². The van der Waals surface area contributed by atoms with Gasteiger partial charge in [-0.25, -0.2) is 4.98 Å². The van der Waals surface area contributed by atoms with Crippen LogP contribution in [0.15, 0.2) is 30.3 Å². The smallest absolute Gasteiger partial charge is 0.224 e. The summed E-state index contributed by atoms with van der Waals surface area (Å²) < 4.78 is 0. The molecule has 1 aromatic heterocycles. The Balaban J connectivity index is 1.17. The van der Waals surface area contributed by atoms with Crippen molar-refractivity contribution in [2.24, 2.45) is 29.1 Å². The zero-order chi connectivity index (χ0) is 23.5. The minimum absolute atomic E-state index is 0.181. The molecular formula is C29H42N4O. The van der Waals surface area contributed by atoms with Crippen molar-refractivity contribution < 1.29 is 4.79 Å². The van der Waals surface area contributed by atoms with Crippen LogP contribution in [0.4, 0.5) is 11.5 Å². The fourth-order valence-corrected chi connectivity index (χ4v) is 7.57. The number of carbonyl (C=O) groups is 1. The first-order valence-electron chi connectivity index (χ1n) is 13.7. The molecule has 0 unspecified atom stereocenters. The second-order valence-electron chi connectivity index (χ2n) is 11.5. The summed E-state index contributed by atoms with van der Waals surface area (Å²) in [5.74, 6) is 4.45. The molecule has 4 aliphatic rings. The molecule has 0 spiro atoms. The van der Waals surface area contributed by atoms with E-state index in [0.29, 0.717) is 6.42 Å². The van der Waals surface area contributed by atoms with E-state index >= 15 is 0 Å². The Labute approximate surface area is 204 Å². The molecule has 3 N–H and O–H groups in total. The van der Waals surface area contributed by atoms with Gasteiger partial charge in [-0.3, -0.25) is 4.79 Å². The second kappa shape index (κ2) is 10.2. The van der Waals surface area contributed by atoms with E-state index in [2.05, 4.69) is 35.9 Å². The third kappa shape index (κ3) is 5.25. The minimum atomic E-state index is 0.181. The van der Waals surface area contributed by atoms with Crippen LogP contribution in [0.25, 0.3) is 10.9 Å². The summed E-state index contributed by atoms with van der Waals surface area (Å²) in [5, 5.41) is 11.2. The van der Waals surface area contributed by atoms with E-state index in [1.807, 2.05) is 24.3 Å². The number of hydrogen-bond donors (Lipinski definition) is 3. The maximum Gasteiger partial charge on any atom is 0.224 e. The average molecular weight is 463 g/mol. The van der Waals surface area contributed by atoms with Gasteiger partial charge >= 0.3 is 0 Å². The molecule has 4 saturated carbocycles. The Bertz CT molecular complexity index is 964. The van der Waals surface area contributed by atoms with Gasteiger partial charge in [-0.2, -0.15) is 0 Å². The number of aromatic nitrogens is 1. The highest BCUT2D eigenvalue weighted by Gasteiger charge is 2.51. The molecule has 6 rings (SSSR count). The number of anilines is 2. The lowest BCUT2D eigenvalue weighted by molar-refractivity contribution is -0.124. The van der Waals surface area contributed by atoms with Crippen LogP contribution in [-0.4, -0.2) is 30.5 Å². The van der Waals surface area contributed by atoms with Crippen molar-refractivity contribution in [3.8, 4) is 0 Å². The van der Waals surface area contributed by atoms with E-state index in [9.17, 15) is 4.79 Å². The molecule has 0 saturated heterocycles. The summed E-state index contributed by atoms with van der Waals surface area (Å²) in [5.41, 5.74) is 2.07. The Hall–Kier alpha value is -2.14. The van der Waals surface area contributed by atoms with Crippen molar-refractivity contribution in [2.45, 2.75) is 71.6 Å². The highest BCUT2D eigenvalue weighted by Crippen LogP contribution is 2.61. The number of benzene rings is 1. The zero-order valence-corrected chi connectivity index (χ0v) is 21.0. The van der Waals surface area contributed by atoms with Gasteiger partial charge < -0.3 is 16.0 Å². The standard InChI is InChI=1S/C29H42N4O/c1-3-20(4-2)19-30-10-11-31-27-9-8-24-25(32-27)6-5-7-26(24)33-28(34)18-29-15-21-12-22(16-29)14-23(13-21)17-29/h5-9,20-23,30H,3-4,10-19H2,1-2H3,(H,31,32)(H,33,34). The van der Waals surface area contributed by atoms with Crippen LogP contribution in [0.2, 0.25) is 0 Å². The van der Waals surface area contributed by atoms with Gasteiger partial charge in [-0.05, 0) is 98.4 Å². The monoisotopic (exact) mass is 462 g/mol. The van der Waals surface area contributed by atoms with Crippen molar-refractivity contribution in [1.29, 1.82) is 0 Å². The van der Waals surface area contributed by atoms with Gasteiger partial charge in [0.2, 0.25) is 5.91 Å². The summed E-state index contributed by atoms with van der Waals surface area (Å²) in [4.78, 5) is 17.9. The highest BCUT2D eigenvalue weighted by atomic mass is 16.1. The van der Waals surface area contributed by atoms with Crippen LogP contribution >= 0.6 is 0 Å². The van der Waals surface area contributed by atoms with Gasteiger partial charge in [-0.15, -0.1) is 0 Å². The van der Waals surface area contributed by atoms with Gasteiger partial charge in [0.25, 0.3) is 0 Å². The molecule has 0 aliphatic heterocycles. The SMILES string of the molecule is CCC(CC)CNCCNc1ccc2c(NC(=O)CC34CC5CC(CC(C5)C3)C4)cccc2n1. The number of fused-ring (bicyclic) bond motifs is 1. The predicted molar refractivity (Wildman–Crippen MR) is 141 cm³/mol. The van der Waals surface area contributed by atoms with Crippen molar-refractivity contribution in [2.75, 3.05) is 30.3 Å². The van der Waals surface area contributed by atoms with Gasteiger partial charge in [0.05, 0.1) is 11.2 Å². The topological polar surface area (TPSA) is 66.0 Å². The molecule has 0 atom stereocenters. The molecule has 1 aromatic carbocycles. The normalized spacial score (nSPS) is 27.4. The molecule has 2 aromatic rings. The van der Waals surface area contributed by atoms with Gasteiger partial charge in [-0.1, -0.05) is 32.8 Å². The largest absolute Gasteiger partial charge is 0.369 e. The molecule has 0 radical (unpaired) electrons. The number of carbonyl (C=O) groups excluding carboxylic acids is 1. The predicted octanol–water partition coefficient (Wildman–Crippen LogP) is 6.22. The van der Waals surface area contributed by atoms with Gasteiger partial charge in [0.15, 0.2) is 0 Å². The maximum absolute atomic E-state index is 13.2. The van der Waals surface area contributed by atoms with Crippen molar-refractivity contribution in [1.82, 2.24) is 10.3 Å². The summed E-state index contributed by atoms with van der Waals surface area (Å²) in [6.07, 6.45) is 11.2. The molecule has 4 bridgehead atoms. The minimum Gasteiger partial charge on any atom is -0.369 e. The summed E-state index contributed by atoms with van der Waals surface area (Å²) in [6, 6.07) is 10.1. The second-order valence-corrected chi connectivity index (χ2v) is 11.5. The Morgan fingerprint density at radius 1 is 1.00 bits per heavy atom. The van der Waals surface area contributed by atoms with E-state index in [4.69, 9.17) is 4.98 Å².